The van der Waals surface area contributed by atoms with Gasteiger partial charge in [-0.3, -0.25) is 4.99 Å². The highest BCUT2D eigenvalue weighted by atomic mass is 32.1. The first-order valence-electron chi connectivity index (χ1n) is 8.60. The lowest BCUT2D eigenvalue weighted by Crippen LogP contribution is -2.39. The molecule has 2 aromatic rings. The van der Waals surface area contributed by atoms with Gasteiger partial charge in [-0.05, 0) is 39.0 Å². The van der Waals surface area contributed by atoms with Crippen LogP contribution in [0.3, 0.4) is 0 Å². The van der Waals surface area contributed by atoms with E-state index in [0.29, 0.717) is 0 Å². The number of nitrogens with one attached hydrogen (secondary N) is 2. The summed E-state index contributed by atoms with van der Waals surface area (Å²) < 4.78 is 10.8. The van der Waals surface area contributed by atoms with Gasteiger partial charge in [0.25, 0.3) is 0 Å². The molecule has 2 N–H and O–H groups in total. The number of hydrogen-bond donors (Lipinski definition) is 2. The van der Waals surface area contributed by atoms with Gasteiger partial charge in [-0.15, -0.1) is 11.3 Å². The lowest BCUT2D eigenvalue weighted by molar-refractivity contribution is 0.394. The van der Waals surface area contributed by atoms with E-state index >= 15 is 0 Å². The molecule has 1 aromatic carbocycles. The number of hydrogen-bond acceptors (Lipinski definition) is 5. The molecule has 0 aliphatic heterocycles. The normalized spacial score (nSPS) is 12.6. The lowest BCUT2D eigenvalue weighted by Gasteiger charge is -2.20. The van der Waals surface area contributed by atoms with Crippen molar-refractivity contribution in [2.24, 2.45) is 4.99 Å². The van der Waals surface area contributed by atoms with Crippen molar-refractivity contribution in [1.82, 2.24) is 15.6 Å². The predicted octanol–water partition coefficient (Wildman–Crippen LogP) is 3.25. The van der Waals surface area contributed by atoms with Crippen LogP contribution in [0.15, 0.2) is 23.2 Å². The van der Waals surface area contributed by atoms with Crippen molar-refractivity contribution in [1.29, 1.82) is 0 Å². The molecule has 0 spiro atoms. The van der Waals surface area contributed by atoms with Crippen LogP contribution >= 0.6 is 11.3 Å². The molecule has 0 radical (unpaired) electrons. The number of methoxy groups -OCH3 is 2. The minimum absolute atomic E-state index is 0.0126. The lowest BCUT2D eigenvalue weighted by atomic mass is 10.1. The molecule has 7 heteroatoms. The number of aryl methyl sites for hydroxylation is 2. The Bertz CT molecular complexity index is 758. The van der Waals surface area contributed by atoms with Crippen molar-refractivity contribution in [2.45, 2.75) is 33.2 Å². The third-order valence-electron chi connectivity index (χ3n) is 4.12. The fraction of sp³-hybridized carbons (Fsp3) is 0.474. The molecule has 142 valence electrons. The average molecular weight is 377 g/mol. The molecule has 1 aromatic heterocycles. The van der Waals surface area contributed by atoms with E-state index in [-0.39, 0.29) is 6.04 Å². The minimum Gasteiger partial charge on any atom is -0.497 e. The number of thiazole rings is 1. The molecule has 0 aliphatic rings. The van der Waals surface area contributed by atoms with Crippen molar-refractivity contribution in [3.8, 4) is 11.5 Å². The highest BCUT2D eigenvalue weighted by molar-refractivity contribution is 7.11. The van der Waals surface area contributed by atoms with Crippen molar-refractivity contribution in [3.63, 3.8) is 0 Å². The van der Waals surface area contributed by atoms with Crippen molar-refractivity contribution >= 4 is 17.3 Å². The van der Waals surface area contributed by atoms with Crippen LogP contribution in [0.5, 0.6) is 11.5 Å². The fourth-order valence-corrected chi connectivity index (χ4v) is 3.69. The Morgan fingerprint density at radius 3 is 2.62 bits per heavy atom. The van der Waals surface area contributed by atoms with Gasteiger partial charge >= 0.3 is 0 Å². The van der Waals surface area contributed by atoms with Gasteiger partial charge in [0.2, 0.25) is 0 Å². The summed E-state index contributed by atoms with van der Waals surface area (Å²) in [6, 6.07) is 5.80. The summed E-state index contributed by atoms with van der Waals surface area (Å²) in [7, 11) is 5.10. The van der Waals surface area contributed by atoms with E-state index in [1.807, 2.05) is 25.1 Å². The fourth-order valence-electron chi connectivity index (χ4n) is 2.76. The number of guanidine groups is 1. The zero-order valence-corrected chi connectivity index (χ0v) is 17.2. The summed E-state index contributed by atoms with van der Waals surface area (Å²) >= 11 is 1.75. The van der Waals surface area contributed by atoms with Gasteiger partial charge in [0, 0.05) is 30.5 Å². The molecule has 0 aliphatic carbocycles. The summed E-state index contributed by atoms with van der Waals surface area (Å²) in [5.74, 6) is 2.37. The Balaban J connectivity index is 1.98. The standard InChI is InChI=1S/C19H28N4O2S/c1-12(16-11-15(24-5)7-8-17(16)25-6)23-19(20-4)21-10-9-18-13(2)22-14(3)26-18/h7-8,11-12H,9-10H2,1-6H3,(H2,20,21,23). The first-order valence-corrected chi connectivity index (χ1v) is 9.42. The first kappa shape index (κ1) is 20.0. The molecule has 0 amide bonds. The average Bonchev–Trinajstić information content (AvgIpc) is 2.97. The Hall–Kier alpha value is -2.28. The smallest absolute Gasteiger partial charge is 0.191 e. The number of ether oxygens (including phenoxy) is 2. The highest BCUT2D eigenvalue weighted by Crippen LogP contribution is 2.29. The van der Waals surface area contributed by atoms with Crippen LogP contribution in [0, 0.1) is 13.8 Å². The van der Waals surface area contributed by atoms with Crippen LogP contribution in [-0.2, 0) is 6.42 Å². The largest absolute Gasteiger partial charge is 0.497 e. The topological polar surface area (TPSA) is 67.8 Å². The minimum atomic E-state index is 0.0126. The van der Waals surface area contributed by atoms with Crippen molar-refractivity contribution in [2.75, 3.05) is 27.8 Å². The summed E-state index contributed by atoms with van der Waals surface area (Å²) in [6.07, 6.45) is 0.925. The van der Waals surface area contributed by atoms with E-state index in [0.717, 1.165) is 46.7 Å². The van der Waals surface area contributed by atoms with Crippen LogP contribution in [0.2, 0.25) is 0 Å². The van der Waals surface area contributed by atoms with Crippen LogP contribution < -0.4 is 20.1 Å². The van der Waals surface area contributed by atoms with Crippen LogP contribution in [0.4, 0.5) is 0 Å². The monoisotopic (exact) mass is 376 g/mol. The van der Waals surface area contributed by atoms with E-state index in [1.165, 1.54) is 4.88 Å². The van der Waals surface area contributed by atoms with Gasteiger partial charge in [-0.1, -0.05) is 0 Å². The van der Waals surface area contributed by atoms with Gasteiger partial charge < -0.3 is 20.1 Å². The third-order valence-corrected chi connectivity index (χ3v) is 5.26. The maximum Gasteiger partial charge on any atom is 0.191 e. The van der Waals surface area contributed by atoms with E-state index in [2.05, 4.69) is 34.5 Å². The first-order chi connectivity index (χ1) is 12.5. The molecule has 1 unspecified atom stereocenters. The van der Waals surface area contributed by atoms with Crippen LogP contribution in [0.25, 0.3) is 0 Å². The van der Waals surface area contributed by atoms with Crippen LogP contribution in [-0.4, -0.2) is 38.8 Å². The number of nitrogens with zero attached hydrogens (tertiary/aromatic N) is 2. The van der Waals surface area contributed by atoms with Gasteiger partial charge in [-0.2, -0.15) is 0 Å². The zero-order valence-electron chi connectivity index (χ0n) is 16.3. The highest BCUT2D eigenvalue weighted by Gasteiger charge is 2.14. The van der Waals surface area contributed by atoms with Gasteiger partial charge in [0.1, 0.15) is 11.5 Å². The molecule has 0 saturated heterocycles. The number of rotatable bonds is 7. The summed E-state index contributed by atoms with van der Waals surface area (Å²) in [5, 5.41) is 7.88. The Morgan fingerprint density at radius 1 is 1.27 bits per heavy atom. The maximum absolute atomic E-state index is 5.47. The quantitative estimate of drug-likeness (QED) is 0.573. The van der Waals surface area contributed by atoms with Crippen molar-refractivity contribution in [3.05, 3.63) is 39.3 Å². The summed E-state index contributed by atoms with van der Waals surface area (Å²) in [4.78, 5) is 10.1. The van der Waals surface area contributed by atoms with Gasteiger partial charge in [0.15, 0.2) is 5.96 Å². The van der Waals surface area contributed by atoms with Crippen molar-refractivity contribution < 1.29 is 9.47 Å². The Morgan fingerprint density at radius 2 is 2.04 bits per heavy atom. The second-order valence-corrected chi connectivity index (χ2v) is 7.25. The molecule has 26 heavy (non-hydrogen) atoms. The molecule has 1 heterocycles. The second-order valence-electron chi connectivity index (χ2n) is 5.96. The molecule has 2 rings (SSSR count). The summed E-state index contributed by atoms with van der Waals surface area (Å²) in [5.41, 5.74) is 2.13. The van der Waals surface area contributed by atoms with Crippen LogP contribution in [0.1, 0.15) is 34.1 Å². The number of aromatic nitrogens is 1. The number of benzene rings is 1. The predicted molar refractivity (Wildman–Crippen MR) is 108 cm³/mol. The molecule has 0 bridgehead atoms. The van der Waals surface area contributed by atoms with E-state index < -0.39 is 0 Å². The van der Waals surface area contributed by atoms with E-state index in [1.54, 1.807) is 32.6 Å². The Kier molecular flexibility index (Phi) is 7.26. The molecular weight excluding hydrogens is 348 g/mol. The second kappa shape index (κ2) is 9.43. The molecule has 0 fully saturated rings. The number of aliphatic imine (C=N–C) groups is 1. The zero-order chi connectivity index (χ0) is 19.1. The third kappa shape index (κ3) is 5.11. The van der Waals surface area contributed by atoms with E-state index in [9.17, 15) is 0 Å². The Labute approximate surface area is 159 Å². The molecule has 1 atom stereocenters. The molecular formula is C19H28N4O2S. The SMILES string of the molecule is CN=C(NCCc1sc(C)nc1C)NC(C)c1cc(OC)ccc1OC. The van der Waals surface area contributed by atoms with Gasteiger partial charge in [0.05, 0.1) is 31.0 Å². The molecule has 0 saturated carbocycles. The summed E-state index contributed by atoms with van der Waals surface area (Å²) in [6.45, 7) is 6.96. The van der Waals surface area contributed by atoms with E-state index in [4.69, 9.17) is 9.47 Å². The maximum atomic E-state index is 5.47. The van der Waals surface area contributed by atoms with Gasteiger partial charge in [-0.25, -0.2) is 4.98 Å². The molecule has 6 nitrogen and oxygen atoms in total.